The molecule has 1 saturated heterocycles. The number of hydrogen-bond acceptors (Lipinski definition) is 6. The van der Waals surface area contributed by atoms with Crippen LogP contribution < -0.4 is 9.80 Å². The fourth-order valence-electron chi connectivity index (χ4n) is 2.61. The lowest BCUT2D eigenvalue weighted by Crippen LogP contribution is -2.47. The van der Waals surface area contributed by atoms with Crippen LogP contribution in [0.15, 0.2) is 46.0 Å². The van der Waals surface area contributed by atoms with E-state index in [4.69, 9.17) is 0 Å². The van der Waals surface area contributed by atoms with E-state index in [0.717, 1.165) is 23.4 Å². The highest BCUT2D eigenvalue weighted by Gasteiger charge is 2.23. The second-order valence-corrected chi connectivity index (χ2v) is 8.31. The van der Waals surface area contributed by atoms with Crippen molar-refractivity contribution in [3.05, 3.63) is 41.1 Å². The summed E-state index contributed by atoms with van der Waals surface area (Å²) in [7, 11) is -3.29. The van der Waals surface area contributed by atoms with Gasteiger partial charge in [0.1, 0.15) is 16.5 Å². The molecule has 0 aliphatic carbocycles. The smallest absolute Gasteiger partial charge is 0.179 e. The molecular weight excluding hydrogens is 380 g/mol. The molecule has 6 nitrogen and oxygen atoms in total. The second kappa shape index (κ2) is 6.45. The third kappa shape index (κ3) is 3.64. The number of piperazine rings is 1. The zero-order valence-corrected chi connectivity index (χ0v) is 15.1. The first-order valence-electron chi connectivity index (χ1n) is 7.22. The predicted molar refractivity (Wildman–Crippen MR) is 93.7 cm³/mol. The van der Waals surface area contributed by atoms with E-state index in [-0.39, 0.29) is 4.90 Å². The first kappa shape index (κ1) is 16.2. The lowest BCUT2D eigenvalue weighted by molar-refractivity contribution is 0.598. The number of nitrogens with zero attached hydrogens (tertiary/aromatic N) is 4. The molecule has 0 unspecified atom stereocenters. The quantitative estimate of drug-likeness (QED) is 0.789. The van der Waals surface area contributed by atoms with Crippen molar-refractivity contribution in [3.63, 3.8) is 0 Å². The molecule has 0 bridgehead atoms. The van der Waals surface area contributed by atoms with Gasteiger partial charge >= 0.3 is 0 Å². The molecule has 3 heterocycles. The summed E-state index contributed by atoms with van der Waals surface area (Å²) in [5.74, 6) is 1.47. The molecule has 23 heavy (non-hydrogen) atoms. The Labute approximate surface area is 144 Å². The number of rotatable bonds is 3. The molecule has 1 aliphatic rings. The van der Waals surface area contributed by atoms with Gasteiger partial charge in [0.25, 0.3) is 0 Å². The highest BCUT2D eigenvalue weighted by Crippen LogP contribution is 2.24. The highest BCUT2D eigenvalue weighted by atomic mass is 79.9. The summed E-state index contributed by atoms with van der Waals surface area (Å²) in [6, 6.07) is 7.21. The highest BCUT2D eigenvalue weighted by molar-refractivity contribution is 9.10. The molecule has 0 saturated carbocycles. The fourth-order valence-corrected chi connectivity index (χ4v) is 3.69. The molecule has 3 rings (SSSR count). The summed E-state index contributed by atoms with van der Waals surface area (Å²) < 4.78 is 24.8. The van der Waals surface area contributed by atoms with Crippen molar-refractivity contribution in [2.75, 3.05) is 42.2 Å². The van der Waals surface area contributed by atoms with E-state index in [1.54, 1.807) is 24.5 Å². The fraction of sp³-hybridized carbons (Fsp3) is 0.333. The van der Waals surface area contributed by atoms with Gasteiger partial charge in [0.05, 0.1) is 0 Å². The van der Waals surface area contributed by atoms with Gasteiger partial charge in [-0.05, 0) is 40.2 Å². The van der Waals surface area contributed by atoms with Crippen molar-refractivity contribution in [1.29, 1.82) is 0 Å². The maximum atomic E-state index is 11.9. The Morgan fingerprint density at radius 2 is 1.74 bits per heavy atom. The number of aromatic nitrogens is 2. The molecule has 0 N–H and O–H groups in total. The zero-order chi connectivity index (χ0) is 16.4. The van der Waals surface area contributed by atoms with Gasteiger partial charge < -0.3 is 9.80 Å². The van der Waals surface area contributed by atoms with Crippen LogP contribution in [0.25, 0.3) is 0 Å². The average molecular weight is 397 g/mol. The Morgan fingerprint density at radius 3 is 2.35 bits per heavy atom. The van der Waals surface area contributed by atoms with E-state index in [2.05, 4.69) is 30.8 Å². The normalized spacial score (nSPS) is 15.7. The van der Waals surface area contributed by atoms with Crippen molar-refractivity contribution in [3.8, 4) is 0 Å². The maximum Gasteiger partial charge on any atom is 0.179 e. The molecule has 0 amide bonds. The van der Waals surface area contributed by atoms with Crippen molar-refractivity contribution >= 4 is 37.4 Å². The number of pyridine rings is 2. The second-order valence-electron chi connectivity index (χ2n) is 5.41. The zero-order valence-electron chi connectivity index (χ0n) is 12.7. The van der Waals surface area contributed by atoms with Gasteiger partial charge in [-0.2, -0.15) is 0 Å². The lowest BCUT2D eigenvalue weighted by Gasteiger charge is -2.36. The summed E-state index contributed by atoms with van der Waals surface area (Å²) in [4.78, 5) is 13.2. The molecule has 2 aromatic rings. The largest absolute Gasteiger partial charge is 0.353 e. The summed E-state index contributed by atoms with van der Waals surface area (Å²) in [6.45, 7) is 2.96. The van der Waals surface area contributed by atoms with Gasteiger partial charge in [0.15, 0.2) is 9.84 Å². The van der Waals surface area contributed by atoms with Gasteiger partial charge in [-0.25, -0.2) is 18.4 Å². The molecule has 1 aliphatic heterocycles. The van der Waals surface area contributed by atoms with Crippen LogP contribution in [0.2, 0.25) is 0 Å². The number of anilines is 2. The average Bonchev–Trinajstić information content (AvgIpc) is 2.55. The molecule has 0 spiro atoms. The SMILES string of the molecule is CS(=O)(=O)c1cccnc1N1CCN(c2ccc(Br)cn2)CC1. The van der Waals surface area contributed by atoms with Crippen LogP contribution in [-0.4, -0.2) is 50.8 Å². The summed E-state index contributed by atoms with van der Waals surface area (Å²) in [6.07, 6.45) is 4.63. The molecule has 8 heteroatoms. The van der Waals surface area contributed by atoms with Crippen LogP contribution in [0.3, 0.4) is 0 Å². The van der Waals surface area contributed by atoms with Crippen LogP contribution in [0.1, 0.15) is 0 Å². The Hall–Kier alpha value is -1.67. The first-order chi connectivity index (χ1) is 10.9. The van der Waals surface area contributed by atoms with E-state index in [9.17, 15) is 8.42 Å². The van der Waals surface area contributed by atoms with Crippen LogP contribution in [0.4, 0.5) is 11.6 Å². The van der Waals surface area contributed by atoms with Gasteiger partial charge in [-0.15, -0.1) is 0 Å². The minimum atomic E-state index is -3.29. The molecule has 0 radical (unpaired) electrons. The number of sulfone groups is 1. The number of hydrogen-bond donors (Lipinski definition) is 0. The van der Waals surface area contributed by atoms with Gasteiger partial charge in [-0.3, -0.25) is 0 Å². The van der Waals surface area contributed by atoms with Crippen LogP contribution in [-0.2, 0) is 9.84 Å². The standard InChI is InChI=1S/C15H17BrN4O2S/c1-23(21,22)13-3-2-6-17-15(13)20-9-7-19(8-10-20)14-5-4-12(16)11-18-14/h2-6,11H,7-10H2,1H3. The molecule has 0 aromatic carbocycles. The maximum absolute atomic E-state index is 11.9. The van der Waals surface area contributed by atoms with Gasteiger partial charge in [-0.1, -0.05) is 0 Å². The predicted octanol–water partition coefficient (Wildman–Crippen LogP) is 1.97. The van der Waals surface area contributed by atoms with Crippen LogP contribution in [0, 0.1) is 0 Å². The lowest BCUT2D eigenvalue weighted by atomic mass is 10.3. The minimum Gasteiger partial charge on any atom is -0.353 e. The van der Waals surface area contributed by atoms with Gasteiger partial charge in [0.2, 0.25) is 0 Å². The summed E-state index contributed by atoms with van der Waals surface area (Å²) >= 11 is 3.38. The van der Waals surface area contributed by atoms with Crippen molar-refractivity contribution in [1.82, 2.24) is 9.97 Å². The molecule has 2 aromatic heterocycles. The topological polar surface area (TPSA) is 66.4 Å². The third-order valence-electron chi connectivity index (χ3n) is 3.77. The Kier molecular flexibility index (Phi) is 4.54. The minimum absolute atomic E-state index is 0.287. The van der Waals surface area contributed by atoms with Crippen LogP contribution in [0.5, 0.6) is 0 Å². The van der Waals surface area contributed by atoms with Crippen molar-refractivity contribution in [2.45, 2.75) is 4.90 Å². The summed E-state index contributed by atoms with van der Waals surface area (Å²) in [5.41, 5.74) is 0. The third-order valence-corrected chi connectivity index (χ3v) is 5.35. The van der Waals surface area contributed by atoms with E-state index in [1.807, 2.05) is 17.0 Å². The molecular formula is C15H17BrN4O2S. The Balaban J connectivity index is 1.76. The molecule has 122 valence electrons. The Morgan fingerprint density at radius 1 is 1.04 bits per heavy atom. The summed E-state index contributed by atoms with van der Waals surface area (Å²) in [5, 5.41) is 0. The number of halogens is 1. The van der Waals surface area contributed by atoms with Crippen LogP contribution >= 0.6 is 15.9 Å². The van der Waals surface area contributed by atoms with Gasteiger partial charge in [0, 0.05) is 49.3 Å². The van der Waals surface area contributed by atoms with E-state index in [1.165, 1.54) is 6.26 Å². The van der Waals surface area contributed by atoms with Crippen molar-refractivity contribution < 1.29 is 8.42 Å². The molecule has 1 fully saturated rings. The monoisotopic (exact) mass is 396 g/mol. The molecule has 0 atom stereocenters. The Bertz CT molecular complexity index is 787. The van der Waals surface area contributed by atoms with Crippen molar-refractivity contribution in [2.24, 2.45) is 0 Å². The van der Waals surface area contributed by atoms with E-state index in [0.29, 0.717) is 18.9 Å². The van der Waals surface area contributed by atoms with E-state index >= 15 is 0 Å². The van der Waals surface area contributed by atoms with E-state index < -0.39 is 9.84 Å². The first-order valence-corrected chi connectivity index (χ1v) is 9.90.